The van der Waals surface area contributed by atoms with Gasteiger partial charge < -0.3 is 4.74 Å². The fraction of sp³-hybridized carbons (Fsp3) is 0.444. The first-order chi connectivity index (χ1) is 10.1. The first-order valence-electron chi connectivity index (χ1n) is 7.51. The first kappa shape index (κ1) is 14.1. The molecule has 0 aromatic heterocycles. The number of Topliss-reactive ketones (excluding diaryl/α,β-unsaturated/α-hetero) is 2. The second-order valence-corrected chi connectivity index (χ2v) is 5.94. The molecule has 0 radical (unpaired) electrons. The van der Waals surface area contributed by atoms with E-state index in [1.54, 1.807) is 7.11 Å². The van der Waals surface area contributed by atoms with Crippen LogP contribution in [0, 0.1) is 0 Å². The van der Waals surface area contributed by atoms with E-state index in [1.807, 2.05) is 31.2 Å². The van der Waals surface area contributed by atoms with Crippen LogP contribution in [0.25, 0.3) is 0 Å². The van der Waals surface area contributed by atoms with Crippen LogP contribution in [0.1, 0.15) is 44.6 Å². The minimum Gasteiger partial charge on any atom is -0.497 e. The highest BCUT2D eigenvalue weighted by Crippen LogP contribution is 2.49. The van der Waals surface area contributed by atoms with Gasteiger partial charge in [0.25, 0.3) is 0 Å². The average molecular weight is 284 g/mol. The zero-order valence-corrected chi connectivity index (χ0v) is 12.6. The van der Waals surface area contributed by atoms with Gasteiger partial charge in [0.1, 0.15) is 11.5 Å². The van der Waals surface area contributed by atoms with Gasteiger partial charge in [-0.25, -0.2) is 0 Å². The van der Waals surface area contributed by atoms with E-state index in [-0.39, 0.29) is 11.6 Å². The Labute approximate surface area is 125 Å². The van der Waals surface area contributed by atoms with E-state index in [4.69, 9.17) is 4.74 Å². The van der Waals surface area contributed by atoms with Gasteiger partial charge in [-0.05, 0) is 55.0 Å². The van der Waals surface area contributed by atoms with Crippen molar-refractivity contribution in [2.45, 2.75) is 44.4 Å². The maximum atomic E-state index is 12.8. The number of benzene rings is 1. The van der Waals surface area contributed by atoms with Crippen molar-refractivity contribution in [1.29, 1.82) is 0 Å². The SMILES string of the molecule is COc1cccc(C23CCC(=O)C(C)=C2CCCC3=O)c1. The molecule has 0 amide bonds. The van der Waals surface area contributed by atoms with Crippen LogP contribution in [0.5, 0.6) is 5.75 Å². The van der Waals surface area contributed by atoms with E-state index in [9.17, 15) is 9.59 Å². The number of ether oxygens (including phenoxy) is 1. The van der Waals surface area contributed by atoms with E-state index in [0.717, 1.165) is 35.3 Å². The summed E-state index contributed by atoms with van der Waals surface area (Å²) in [5.74, 6) is 1.20. The number of allylic oxidation sites excluding steroid dienone is 2. The van der Waals surface area contributed by atoms with Gasteiger partial charge in [-0.3, -0.25) is 9.59 Å². The highest BCUT2D eigenvalue weighted by Gasteiger charge is 2.48. The van der Waals surface area contributed by atoms with Crippen LogP contribution in [0.3, 0.4) is 0 Å². The summed E-state index contributed by atoms with van der Waals surface area (Å²) in [6.45, 7) is 1.88. The van der Waals surface area contributed by atoms with Gasteiger partial charge in [0.05, 0.1) is 12.5 Å². The second-order valence-electron chi connectivity index (χ2n) is 5.94. The summed E-state index contributed by atoms with van der Waals surface area (Å²) < 4.78 is 5.31. The van der Waals surface area contributed by atoms with Crippen LogP contribution >= 0.6 is 0 Å². The van der Waals surface area contributed by atoms with Crippen molar-refractivity contribution in [2.75, 3.05) is 7.11 Å². The molecule has 0 N–H and O–H groups in total. The Morgan fingerprint density at radius 2 is 1.95 bits per heavy atom. The lowest BCUT2D eigenvalue weighted by atomic mass is 9.59. The molecule has 110 valence electrons. The summed E-state index contributed by atoms with van der Waals surface area (Å²) in [5, 5.41) is 0. The summed E-state index contributed by atoms with van der Waals surface area (Å²) in [4.78, 5) is 24.9. The normalized spacial score (nSPS) is 25.8. The molecule has 3 rings (SSSR count). The summed E-state index contributed by atoms with van der Waals surface area (Å²) in [7, 11) is 1.63. The number of methoxy groups -OCH3 is 1. The van der Waals surface area contributed by atoms with Crippen LogP contribution in [-0.4, -0.2) is 18.7 Å². The van der Waals surface area contributed by atoms with Gasteiger partial charge >= 0.3 is 0 Å². The van der Waals surface area contributed by atoms with Gasteiger partial charge in [-0.15, -0.1) is 0 Å². The number of carbonyl (C=O) groups is 2. The van der Waals surface area contributed by atoms with E-state index < -0.39 is 5.41 Å². The molecule has 1 aromatic rings. The smallest absolute Gasteiger partial charge is 0.158 e. The Kier molecular flexibility index (Phi) is 3.44. The number of fused-ring (bicyclic) bond motifs is 1. The minimum absolute atomic E-state index is 0.193. The average Bonchev–Trinajstić information content (AvgIpc) is 2.52. The lowest BCUT2D eigenvalue weighted by molar-refractivity contribution is -0.126. The van der Waals surface area contributed by atoms with Crippen molar-refractivity contribution in [3.05, 3.63) is 41.0 Å². The summed E-state index contributed by atoms with van der Waals surface area (Å²) >= 11 is 0. The lowest BCUT2D eigenvalue weighted by Crippen LogP contribution is -2.44. The van der Waals surface area contributed by atoms with Crippen molar-refractivity contribution >= 4 is 11.6 Å². The topological polar surface area (TPSA) is 43.4 Å². The van der Waals surface area contributed by atoms with Crippen molar-refractivity contribution < 1.29 is 14.3 Å². The molecule has 1 unspecified atom stereocenters. The van der Waals surface area contributed by atoms with Crippen molar-refractivity contribution in [1.82, 2.24) is 0 Å². The number of rotatable bonds is 2. The maximum Gasteiger partial charge on any atom is 0.158 e. The first-order valence-corrected chi connectivity index (χ1v) is 7.51. The number of ketones is 2. The molecule has 0 spiro atoms. The highest BCUT2D eigenvalue weighted by molar-refractivity contribution is 6.04. The number of hydrogen-bond donors (Lipinski definition) is 0. The summed E-state index contributed by atoms with van der Waals surface area (Å²) in [6, 6.07) is 7.76. The molecule has 1 saturated carbocycles. The highest BCUT2D eigenvalue weighted by atomic mass is 16.5. The van der Waals surface area contributed by atoms with Gasteiger partial charge in [0.15, 0.2) is 5.78 Å². The molecule has 1 atom stereocenters. The monoisotopic (exact) mass is 284 g/mol. The predicted octanol–water partition coefficient (Wildman–Crippen LogP) is 3.37. The molecular weight excluding hydrogens is 264 g/mol. The molecule has 0 heterocycles. The standard InChI is InChI=1S/C18H20O3/c1-12-15-7-4-8-17(20)18(15,10-9-16(12)19)13-5-3-6-14(11-13)21-2/h3,5-6,11H,4,7-10H2,1-2H3. The summed E-state index contributed by atoms with van der Waals surface area (Å²) in [5.41, 5.74) is 2.24. The molecule has 1 fully saturated rings. The minimum atomic E-state index is -0.592. The Hall–Kier alpha value is -1.90. The Morgan fingerprint density at radius 3 is 2.71 bits per heavy atom. The fourth-order valence-electron chi connectivity index (χ4n) is 3.84. The van der Waals surface area contributed by atoms with Crippen molar-refractivity contribution in [2.24, 2.45) is 0 Å². The van der Waals surface area contributed by atoms with Crippen LogP contribution in [0.2, 0.25) is 0 Å². The third-order valence-corrected chi connectivity index (χ3v) is 4.98. The molecular formula is C18H20O3. The van der Waals surface area contributed by atoms with Gasteiger partial charge in [-0.1, -0.05) is 12.1 Å². The zero-order valence-electron chi connectivity index (χ0n) is 12.6. The van der Waals surface area contributed by atoms with Crippen molar-refractivity contribution in [3.8, 4) is 5.75 Å². The number of carbonyl (C=O) groups excluding carboxylic acids is 2. The third-order valence-electron chi connectivity index (χ3n) is 4.98. The Morgan fingerprint density at radius 1 is 1.14 bits per heavy atom. The molecule has 21 heavy (non-hydrogen) atoms. The zero-order chi connectivity index (χ0) is 15.0. The van der Waals surface area contributed by atoms with Crippen LogP contribution < -0.4 is 4.74 Å². The molecule has 2 aliphatic carbocycles. The quantitative estimate of drug-likeness (QED) is 0.836. The number of hydrogen-bond acceptors (Lipinski definition) is 3. The molecule has 3 heteroatoms. The molecule has 0 saturated heterocycles. The van der Waals surface area contributed by atoms with E-state index >= 15 is 0 Å². The van der Waals surface area contributed by atoms with Gasteiger partial charge in [0, 0.05) is 12.8 Å². The maximum absolute atomic E-state index is 12.8. The van der Waals surface area contributed by atoms with Gasteiger partial charge in [-0.2, -0.15) is 0 Å². The van der Waals surface area contributed by atoms with Gasteiger partial charge in [0.2, 0.25) is 0 Å². The largest absolute Gasteiger partial charge is 0.497 e. The fourth-order valence-corrected chi connectivity index (χ4v) is 3.84. The molecule has 0 bridgehead atoms. The van der Waals surface area contributed by atoms with E-state index in [0.29, 0.717) is 19.3 Å². The van der Waals surface area contributed by atoms with Crippen LogP contribution in [0.4, 0.5) is 0 Å². The molecule has 3 nitrogen and oxygen atoms in total. The van der Waals surface area contributed by atoms with Crippen molar-refractivity contribution in [3.63, 3.8) is 0 Å². The third kappa shape index (κ3) is 2.03. The Bertz CT molecular complexity index is 642. The Balaban J connectivity index is 2.22. The van der Waals surface area contributed by atoms with Crippen LogP contribution in [0.15, 0.2) is 35.4 Å². The molecule has 1 aromatic carbocycles. The van der Waals surface area contributed by atoms with E-state index in [1.165, 1.54) is 0 Å². The predicted molar refractivity (Wildman–Crippen MR) is 80.5 cm³/mol. The molecule has 2 aliphatic rings. The van der Waals surface area contributed by atoms with Crippen LogP contribution in [-0.2, 0) is 15.0 Å². The second kappa shape index (κ2) is 5.14. The molecule has 0 aliphatic heterocycles. The van der Waals surface area contributed by atoms with E-state index in [2.05, 4.69) is 0 Å². The lowest BCUT2D eigenvalue weighted by Gasteiger charge is -2.42. The summed E-state index contributed by atoms with van der Waals surface area (Å²) in [6.07, 6.45) is 3.36.